The van der Waals surface area contributed by atoms with Crippen molar-refractivity contribution < 1.29 is 14.3 Å². The van der Waals surface area contributed by atoms with Gasteiger partial charge < -0.3 is 15.0 Å². The molecule has 1 aromatic carbocycles. The number of carbonyl (C=O) groups is 2. The fraction of sp³-hybridized carbons (Fsp3) is 0.667. The zero-order valence-corrected chi connectivity index (χ0v) is 18.2. The van der Waals surface area contributed by atoms with Gasteiger partial charge in [0.2, 0.25) is 11.8 Å². The van der Waals surface area contributed by atoms with Gasteiger partial charge in [0.1, 0.15) is 18.4 Å². The standard InChI is InChI=1S/C24H31ClN2O3/c25-19-3-5-20(6-4-19)30-9-7-26-22(28)21-2-1-8-27(21)23(29)24-13-16-10-17(14-24)12-18(11-16)15-24/h3-6,16-18,21H,1-2,7-15H2,(H,26,28). The molecule has 5 nitrogen and oxygen atoms in total. The molecule has 0 aromatic heterocycles. The Morgan fingerprint density at radius 2 is 1.70 bits per heavy atom. The van der Waals surface area contributed by atoms with Crippen molar-refractivity contribution in [3.63, 3.8) is 0 Å². The van der Waals surface area contributed by atoms with Gasteiger partial charge in [-0.1, -0.05) is 11.6 Å². The van der Waals surface area contributed by atoms with Crippen molar-refractivity contribution in [2.24, 2.45) is 23.2 Å². The molecule has 1 heterocycles. The summed E-state index contributed by atoms with van der Waals surface area (Å²) in [5.74, 6) is 3.18. The molecule has 1 atom stereocenters. The van der Waals surface area contributed by atoms with Gasteiger partial charge in [0, 0.05) is 11.6 Å². The second-order valence-electron chi connectivity index (χ2n) is 9.95. The van der Waals surface area contributed by atoms with Crippen molar-refractivity contribution >= 4 is 23.4 Å². The van der Waals surface area contributed by atoms with Crippen molar-refractivity contribution in [1.29, 1.82) is 0 Å². The van der Waals surface area contributed by atoms with E-state index < -0.39 is 0 Å². The molecule has 6 heteroatoms. The smallest absolute Gasteiger partial charge is 0.242 e. The lowest BCUT2D eigenvalue weighted by molar-refractivity contribution is -0.160. The summed E-state index contributed by atoms with van der Waals surface area (Å²) >= 11 is 5.88. The Bertz CT molecular complexity index is 774. The average Bonchev–Trinajstić information content (AvgIpc) is 3.20. The molecular weight excluding hydrogens is 400 g/mol. The molecule has 1 N–H and O–H groups in total. The van der Waals surface area contributed by atoms with Crippen LogP contribution in [-0.2, 0) is 9.59 Å². The van der Waals surface area contributed by atoms with E-state index in [0.717, 1.165) is 62.2 Å². The van der Waals surface area contributed by atoms with Crippen LogP contribution in [0.15, 0.2) is 24.3 Å². The second kappa shape index (κ2) is 8.07. The SMILES string of the molecule is O=C(NCCOc1ccc(Cl)cc1)C1CCCN1C(=O)C12CC3CC(CC(C3)C1)C2. The molecule has 30 heavy (non-hydrogen) atoms. The van der Waals surface area contributed by atoms with Gasteiger partial charge in [0.15, 0.2) is 0 Å². The fourth-order valence-corrected chi connectivity index (χ4v) is 7.08. The molecule has 5 aliphatic rings. The van der Waals surface area contributed by atoms with E-state index in [-0.39, 0.29) is 23.3 Å². The van der Waals surface area contributed by atoms with Crippen molar-refractivity contribution in [2.75, 3.05) is 19.7 Å². The predicted molar refractivity (Wildman–Crippen MR) is 115 cm³/mol. The van der Waals surface area contributed by atoms with E-state index >= 15 is 0 Å². The maximum atomic E-state index is 13.7. The largest absolute Gasteiger partial charge is 0.492 e. The highest BCUT2D eigenvalue weighted by molar-refractivity contribution is 6.30. The average molecular weight is 431 g/mol. The fourth-order valence-electron chi connectivity index (χ4n) is 6.95. The minimum absolute atomic E-state index is 0.0368. The van der Waals surface area contributed by atoms with E-state index in [4.69, 9.17) is 16.3 Å². The lowest BCUT2D eigenvalue weighted by Crippen LogP contribution is -2.57. The Balaban J connectivity index is 1.16. The van der Waals surface area contributed by atoms with Gasteiger partial charge in [-0.05, 0) is 93.4 Å². The van der Waals surface area contributed by atoms with Crippen LogP contribution < -0.4 is 10.1 Å². The van der Waals surface area contributed by atoms with Crippen LogP contribution in [0, 0.1) is 23.2 Å². The van der Waals surface area contributed by atoms with Crippen molar-refractivity contribution in [2.45, 2.75) is 57.4 Å². The van der Waals surface area contributed by atoms with E-state index in [1.165, 1.54) is 19.3 Å². The van der Waals surface area contributed by atoms with E-state index in [2.05, 4.69) is 5.32 Å². The van der Waals surface area contributed by atoms with Crippen LogP contribution in [0.25, 0.3) is 0 Å². The number of likely N-dealkylation sites (tertiary alicyclic amines) is 1. The minimum atomic E-state index is -0.318. The van der Waals surface area contributed by atoms with Gasteiger partial charge in [0.05, 0.1) is 12.0 Å². The number of carbonyl (C=O) groups excluding carboxylic acids is 2. The summed E-state index contributed by atoms with van der Waals surface area (Å²) in [5.41, 5.74) is -0.171. The Morgan fingerprint density at radius 3 is 2.33 bits per heavy atom. The molecule has 1 saturated heterocycles. The molecule has 4 saturated carbocycles. The topological polar surface area (TPSA) is 58.6 Å². The Morgan fingerprint density at radius 1 is 1.07 bits per heavy atom. The summed E-state index contributed by atoms with van der Waals surface area (Å²) in [5, 5.41) is 3.65. The number of amides is 2. The van der Waals surface area contributed by atoms with Crippen LogP contribution in [0.5, 0.6) is 5.75 Å². The van der Waals surface area contributed by atoms with Crippen molar-refractivity contribution in [1.82, 2.24) is 10.2 Å². The summed E-state index contributed by atoms with van der Waals surface area (Å²) < 4.78 is 5.66. The molecule has 0 spiro atoms. The normalized spacial score (nSPS) is 34.2. The number of rotatable bonds is 6. The molecule has 162 valence electrons. The number of ether oxygens (including phenoxy) is 1. The minimum Gasteiger partial charge on any atom is -0.492 e. The van der Waals surface area contributed by atoms with Gasteiger partial charge in [-0.15, -0.1) is 0 Å². The second-order valence-corrected chi connectivity index (χ2v) is 10.4. The van der Waals surface area contributed by atoms with E-state index in [1.807, 2.05) is 17.0 Å². The summed E-state index contributed by atoms with van der Waals surface area (Å²) in [6.07, 6.45) is 8.81. The van der Waals surface area contributed by atoms with Crippen LogP contribution in [0.2, 0.25) is 5.02 Å². The van der Waals surface area contributed by atoms with Crippen molar-refractivity contribution in [3.8, 4) is 5.75 Å². The molecule has 1 aromatic rings. The third-order valence-corrected chi connectivity index (χ3v) is 8.04. The lowest BCUT2D eigenvalue weighted by Gasteiger charge is -2.56. The number of nitrogens with zero attached hydrogens (tertiary/aromatic N) is 1. The summed E-state index contributed by atoms with van der Waals surface area (Å²) in [4.78, 5) is 28.5. The van der Waals surface area contributed by atoms with Gasteiger partial charge >= 0.3 is 0 Å². The van der Waals surface area contributed by atoms with Gasteiger partial charge in [-0.2, -0.15) is 0 Å². The molecule has 6 rings (SSSR count). The highest BCUT2D eigenvalue weighted by Crippen LogP contribution is 2.60. The van der Waals surface area contributed by atoms with Crippen LogP contribution in [-0.4, -0.2) is 42.5 Å². The summed E-state index contributed by atoms with van der Waals surface area (Å²) in [7, 11) is 0. The molecule has 4 aliphatic carbocycles. The predicted octanol–water partition coefficient (Wildman–Crippen LogP) is 4.04. The molecular formula is C24H31ClN2O3. The zero-order valence-electron chi connectivity index (χ0n) is 17.4. The van der Waals surface area contributed by atoms with Gasteiger partial charge in [-0.3, -0.25) is 9.59 Å². The molecule has 1 aliphatic heterocycles. The number of benzene rings is 1. The Hall–Kier alpha value is -1.75. The summed E-state index contributed by atoms with van der Waals surface area (Å²) in [6, 6.07) is 6.87. The first-order valence-electron chi connectivity index (χ1n) is 11.5. The van der Waals surface area contributed by atoms with E-state index in [0.29, 0.717) is 18.2 Å². The first-order valence-corrected chi connectivity index (χ1v) is 11.9. The number of hydrogen-bond donors (Lipinski definition) is 1. The molecule has 5 fully saturated rings. The molecule has 2 amide bonds. The third kappa shape index (κ3) is 3.81. The molecule has 4 bridgehead atoms. The Kier molecular flexibility index (Phi) is 5.42. The number of nitrogens with one attached hydrogen (secondary N) is 1. The Labute approximate surface area is 183 Å². The number of halogens is 1. The van der Waals surface area contributed by atoms with E-state index in [9.17, 15) is 9.59 Å². The van der Waals surface area contributed by atoms with Crippen molar-refractivity contribution in [3.05, 3.63) is 29.3 Å². The first-order chi connectivity index (χ1) is 14.5. The molecule has 1 unspecified atom stereocenters. The zero-order chi connectivity index (χ0) is 20.7. The number of hydrogen-bond acceptors (Lipinski definition) is 3. The maximum Gasteiger partial charge on any atom is 0.242 e. The highest BCUT2D eigenvalue weighted by atomic mass is 35.5. The van der Waals surface area contributed by atoms with E-state index in [1.54, 1.807) is 12.1 Å². The van der Waals surface area contributed by atoms with Gasteiger partial charge in [-0.25, -0.2) is 0 Å². The highest BCUT2D eigenvalue weighted by Gasteiger charge is 2.56. The first kappa shape index (κ1) is 20.2. The lowest BCUT2D eigenvalue weighted by atomic mass is 9.49. The van der Waals surface area contributed by atoms with Crippen LogP contribution >= 0.6 is 11.6 Å². The molecule has 0 radical (unpaired) electrons. The maximum absolute atomic E-state index is 13.7. The quantitative estimate of drug-likeness (QED) is 0.693. The van der Waals surface area contributed by atoms with Gasteiger partial charge in [0.25, 0.3) is 0 Å². The third-order valence-electron chi connectivity index (χ3n) is 7.79. The monoisotopic (exact) mass is 430 g/mol. The van der Waals surface area contributed by atoms with Crippen LogP contribution in [0.4, 0.5) is 0 Å². The van der Waals surface area contributed by atoms with Crippen LogP contribution in [0.1, 0.15) is 51.4 Å². The summed E-state index contributed by atoms with van der Waals surface area (Å²) in [6.45, 7) is 1.54. The van der Waals surface area contributed by atoms with Crippen LogP contribution in [0.3, 0.4) is 0 Å².